The Morgan fingerprint density at radius 1 is 1.00 bits per heavy atom. The number of rotatable bonds is 9. The first-order valence-corrected chi connectivity index (χ1v) is 9.17. The van der Waals surface area contributed by atoms with Gasteiger partial charge in [-0.15, -0.1) is 0 Å². The van der Waals surface area contributed by atoms with E-state index in [9.17, 15) is 0 Å². The lowest BCUT2D eigenvalue weighted by molar-refractivity contribution is 0.233. The second-order valence-corrected chi connectivity index (χ2v) is 6.71. The smallest absolute Gasteiger partial charge is 0.119 e. The maximum absolute atomic E-state index is 8.77. The third-order valence-corrected chi connectivity index (χ3v) is 4.99. The molecule has 0 spiro atoms. The lowest BCUT2D eigenvalue weighted by Crippen LogP contribution is -2.13. The molecule has 0 aromatic heterocycles. The Morgan fingerprint density at radius 2 is 1.73 bits per heavy atom. The van der Waals surface area contributed by atoms with Crippen molar-refractivity contribution in [2.45, 2.75) is 70.6 Å². The first-order chi connectivity index (χ1) is 10.8. The summed E-state index contributed by atoms with van der Waals surface area (Å²) in [6.45, 7) is 3.08. The minimum absolute atomic E-state index is 0.194. The van der Waals surface area contributed by atoms with Crippen molar-refractivity contribution in [1.29, 1.82) is 0 Å². The van der Waals surface area contributed by atoms with Crippen molar-refractivity contribution in [3.05, 3.63) is 29.8 Å². The third kappa shape index (κ3) is 5.64. The van der Waals surface area contributed by atoms with Crippen LogP contribution in [-0.4, -0.2) is 18.3 Å². The molecule has 1 N–H and O–H groups in total. The van der Waals surface area contributed by atoms with Gasteiger partial charge in [0.15, 0.2) is 0 Å². The SMILES string of the molecule is CCCCCC1CCC(c2ccc(OCCCO)cc2)CC1. The van der Waals surface area contributed by atoms with Gasteiger partial charge in [0.2, 0.25) is 0 Å². The molecule has 1 fully saturated rings. The van der Waals surface area contributed by atoms with E-state index >= 15 is 0 Å². The molecule has 124 valence electrons. The second kappa shape index (κ2) is 9.89. The number of hydrogen-bond acceptors (Lipinski definition) is 2. The predicted molar refractivity (Wildman–Crippen MR) is 92.5 cm³/mol. The molecule has 1 aliphatic rings. The Bertz CT molecular complexity index is 391. The zero-order chi connectivity index (χ0) is 15.6. The van der Waals surface area contributed by atoms with Crippen LogP contribution in [0.25, 0.3) is 0 Å². The molecule has 0 amide bonds. The average Bonchev–Trinajstić information content (AvgIpc) is 2.57. The number of hydrogen-bond donors (Lipinski definition) is 1. The molecule has 22 heavy (non-hydrogen) atoms. The average molecular weight is 304 g/mol. The molecule has 0 bridgehead atoms. The quantitative estimate of drug-likeness (QED) is 0.627. The summed E-state index contributed by atoms with van der Waals surface area (Å²) in [6, 6.07) is 8.63. The van der Waals surface area contributed by atoms with Crippen LogP contribution in [0.5, 0.6) is 5.75 Å². The fraction of sp³-hybridized carbons (Fsp3) is 0.700. The second-order valence-electron chi connectivity index (χ2n) is 6.71. The van der Waals surface area contributed by atoms with Crippen LogP contribution in [-0.2, 0) is 0 Å². The van der Waals surface area contributed by atoms with Crippen LogP contribution < -0.4 is 4.74 Å². The Kier molecular flexibility index (Phi) is 7.79. The van der Waals surface area contributed by atoms with Gasteiger partial charge in [-0.25, -0.2) is 0 Å². The van der Waals surface area contributed by atoms with E-state index in [4.69, 9.17) is 9.84 Å². The van der Waals surface area contributed by atoms with Crippen LogP contribution >= 0.6 is 0 Å². The molecule has 0 heterocycles. The van der Waals surface area contributed by atoms with E-state index in [2.05, 4.69) is 31.2 Å². The highest BCUT2D eigenvalue weighted by atomic mass is 16.5. The van der Waals surface area contributed by atoms with Gasteiger partial charge in [-0.05, 0) is 55.2 Å². The van der Waals surface area contributed by atoms with Crippen LogP contribution in [0.1, 0.15) is 76.2 Å². The van der Waals surface area contributed by atoms with E-state index < -0.39 is 0 Å². The van der Waals surface area contributed by atoms with Crippen molar-refractivity contribution < 1.29 is 9.84 Å². The summed E-state index contributed by atoms with van der Waals surface area (Å²) in [4.78, 5) is 0. The predicted octanol–water partition coefficient (Wildman–Crippen LogP) is 5.30. The van der Waals surface area contributed by atoms with Crippen molar-refractivity contribution in [3.8, 4) is 5.75 Å². The van der Waals surface area contributed by atoms with E-state index in [-0.39, 0.29) is 6.61 Å². The normalized spacial score (nSPS) is 21.7. The van der Waals surface area contributed by atoms with Crippen LogP contribution in [0.15, 0.2) is 24.3 Å². The van der Waals surface area contributed by atoms with Crippen LogP contribution in [0, 0.1) is 5.92 Å². The molecule has 2 nitrogen and oxygen atoms in total. The lowest BCUT2D eigenvalue weighted by atomic mass is 9.77. The van der Waals surface area contributed by atoms with Gasteiger partial charge in [0.05, 0.1) is 6.61 Å². The van der Waals surface area contributed by atoms with Gasteiger partial charge in [-0.3, -0.25) is 0 Å². The van der Waals surface area contributed by atoms with Gasteiger partial charge < -0.3 is 9.84 Å². The molecular weight excluding hydrogens is 272 g/mol. The molecule has 0 unspecified atom stereocenters. The highest BCUT2D eigenvalue weighted by molar-refractivity contribution is 5.29. The molecule has 1 aromatic rings. The Labute approximate surface area is 135 Å². The van der Waals surface area contributed by atoms with Crippen molar-refractivity contribution in [1.82, 2.24) is 0 Å². The summed E-state index contributed by atoms with van der Waals surface area (Å²) >= 11 is 0. The standard InChI is InChI=1S/C20H32O2/c1-2-3-4-6-17-7-9-18(10-8-17)19-11-13-20(14-12-19)22-16-5-15-21/h11-14,17-18,21H,2-10,15-16H2,1H3. The summed E-state index contributed by atoms with van der Waals surface area (Å²) in [5.74, 6) is 2.64. The van der Waals surface area contributed by atoms with Gasteiger partial charge in [-0.1, -0.05) is 44.7 Å². The fourth-order valence-electron chi connectivity index (χ4n) is 3.56. The zero-order valence-electron chi connectivity index (χ0n) is 14.1. The molecule has 0 saturated heterocycles. The highest BCUT2D eigenvalue weighted by Crippen LogP contribution is 2.38. The number of unbranched alkanes of at least 4 members (excludes halogenated alkanes) is 2. The monoisotopic (exact) mass is 304 g/mol. The van der Waals surface area contributed by atoms with Crippen molar-refractivity contribution in [3.63, 3.8) is 0 Å². The van der Waals surface area contributed by atoms with Gasteiger partial charge in [-0.2, -0.15) is 0 Å². The van der Waals surface area contributed by atoms with Gasteiger partial charge in [0, 0.05) is 13.0 Å². The Hall–Kier alpha value is -1.02. The number of aliphatic hydroxyl groups is 1. The molecule has 0 radical (unpaired) electrons. The van der Waals surface area contributed by atoms with E-state index in [1.807, 2.05) is 0 Å². The molecule has 1 aromatic carbocycles. The van der Waals surface area contributed by atoms with Crippen LogP contribution in [0.4, 0.5) is 0 Å². The van der Waals surface area contributed by atoms with Crippen molar-refractivity contribution in [2.75, 3.05) is 13.2 Å². The maximum atomic E-state index is 8.77. The summed E-state index contributed by atoms with van der Waals surface area (Å²) in [5.41, 5.74) is 1.47. The third-order valence-electron chi connectivity index (χ3n) is 4.99. The Balaban J connectivity index is 1.74. The molecular formula is C20H32O2. The molecule has 1 saturated carbocycles. The molecule has 0 atom stereocenters. The number of benzene rings is 1. The molecule has 2 heteroatoms. The largest absolute Gasteiger partial charge is 0.494 e. The first kappa shape index (κ1) is 17.3. The minimum atomic E-state index is 0.194. The molecule has 2 rings (SSSR count). The number of ether oxygens (including phenoxy) is 1. The highest BCUT2D eigenvalue weighted by Gasteiger charge is 2.21. The van der Waals surface area contributed by atoms with E-state index in [1.54, 1.807) is 0 Å². The summed E-state index contributed by atoms with van der Waals surface area (Å²) in [6.07, 6.45) is 11.8. The zero-order valence-corrected chi connectivity index (χ0v) is 14.1. The Morgan fingerprint density at radius 3 is 2.36 bits per heavy atom. The van der Waals surface area contributed by atoms with Gasteiger partial charge in [0.1, 0.15) is 5.75 Å². The molecule has 0 aliphatic heterocycles. The van der Waals surface area contributed by atoms with Crippen LogP contribution in [0.2, 0.25) is 0 Å². The van der Waals surface area contributed by atoms with Crippen LogP contribution in [0.3, 0.4) is 0 Å². The van der Waals surface area contributed by atoms with Gasteiger partial charge >= 0.3 is 0 Å². The van der Waals surface area contributed by atoms with E-state index in [0.29, 0.717) is 13.0 Å². The first-order valence-electron chi connectivity index (χ1n) is 9.17. The fourth-order valence-corrected chi connectivity index (χ4v) is 3.56. The number of aliphatic hydroxyl groups excluding tert-OH is 1. The van der Waals surface area contributed by atoms with E-state index in [1.165, 1.54) is 56.9 Å². The van der Waals surface area contributed by atoms with Crippen molar-refractivity contribution >= 4 is 0 Å². The van der Waals surface area contributed by atoms with E-state index in [0.717, 1.165) is 17.6 Å². The summed E-state index contributed by atoms with van der Waals surface area (Å²) < 4.78 is 5.60. The summed E-state index contributed by atoms with van der Waals surface area (Å²) in [5, 5.41) is 8.77. The minimum Gasteiger partial charge on any atom is -0.494 e. The van der Waals surface area contributed by atoms with Gasteiger partial charge in [0.25, 0.3) is 0 Å². The maximum Gasteiger partial charge on any atom is 0.119 e. The molecule has 1 aliphatic carbocycles. The topological polar surface area (TPSA) is 29.5 Å². The summed E-state index contributed by atoms with van der Waals surface area (Å²) in [7, 11) is 0. The van der Waals surface area contributed by atoms with Crippen molar-refractivity contribution in [2.24, 2.45) is 5.92 Å². The lowest BCUT2D eigenvalue weighted by Gasteiger charge is -2.29.